The molecule has 1 aliphatic rings. The van der Waals surface area contributed by atoms with Crippen molar-refractivity contribution in [1.82, 2.24) is 24.4 Å². The molecule has 4 heterocycles. The fourth-order valence-electron chi connectivity index (χ4n) is 3.11. The first-order valence-electron chi connectivity index (χ1n) is 9.28. The van der Waals surface area contributed by atoms with Gasteiger partial charge in [-0.05, 0) is 12.1 Å². The van der Waals surface area contributed by atoms with Gasteiger partial charge in [-0.15, -0.1) is 0 Å². The second-order valence-corrected chi connectivity index (χ2v) is 7.76. The van der Waals surface area contributed by atoms with Gasteiger partial charge in [0.2, 0.25) is 5.91 Å². The van der Waals surface area contributed by atoms with Crippen LogP contribution >= 0.6 is 11.3 Å². The van der Waals surface area contributed by atoms with Crippen LogP contribution in [0.15, 0.2) is 46.2 Å². The normalized spacial score (nSPS) is 13.0. The molecule has 3 aromatic rings. The number of fused-ring (bicyclic) bond motifs is 1. The fraction of sp³-hybridized carbons (Fsp3) is 0.263. The lowest BCUT2D eigenvalue weighted by Crippen LogP contribution is -2.37. The monoisotopic (exact) mass is 426 g/mol. The Morgan fingerprint density at radius 1 is 1.23 bits per heavy atom. The summed E-state index contributed by atoms with van der Waals surface area (Å²) in [4.78, 5) is 60.9. The van der Waals surface area contributed by atoms with Crippen LogP contribution in [0.1, 0.15) is 27.5 Å². The van der Waals surface area contributed by atoms with Gasteiger partial charge in [-0.1, -0.05) is 17.4 Å². The molecule has 0 saturated carbocycles. The van der Waals surface area contributed by atoms with Gasteiger partial charge >= 0.3 is 5.69 Å². The first kappa shape index (κ1) is 19.7. The molecule has 154 valence electrons. The number of rotatable bonds is 5. The van der Waals surface area contributed by atoms with Crippen molar-refractivity contribution >= 4 is 28.3 Å². The van der Waals surface area contributed by atoms with Crippen LogP contribution in [0.2, 0.25) is 0 Å². The molecule has 1 aliphatic heterocycles. The lowest BCUT2D eigenvalue weighted by Gasteiger charge is -2.26. The zero-order chi connectivity index (χ0) is 21.1. The number of carbonyl (C=O) groups is 2. The largest absolute Gasteiger partial charge is 0.337 e. The van der Waals surface area contributed by atoms with Crippen molar-refractivity contribution in [3.05, 3.63) is 73.8 Å². The Morgan fingerprint density at radius 2 is 2.10 bits per heavy atom. The maximum absolute atomic E-state index is 12.6. The van der Waals surface area contributed by atoms with Gasteiger partial charge in [0.15, 0.2) is 5.13 Å². The highest BCUT2D eigenvalue weighted by molar-refractivity contribution is 7.15. The molecule has 2 amide bonds. The van der Waals surface area contributed by atoms with Gasteiger partial charge in [-0.3, -0.25) is 29.7 Å². The summed E-state index contributed by atoms with van der Waals surface area (Å²) >= 11 is 1.34. The first-order chi connectivity index (χ1) is 14.5. The van der Waals surface area contributed by atoms with Gasteiger partial charge in [-0.25, -0.2) is 9.78 Å². The predicted molar refractivity (Wildman–Crippen MR) is 109 cm³/mol. The number of thiazole rings is 1. The number of H-pyrrole nitrogens is 1. The van der Waals surface area contributed by atoms with Crippen LogP contribution in [0.5, 0.6) is 0 Å². The minimum Gasteiger partial charge on any atom is -0.337 e. The molecule has 10 nitrogen and oxygen atoms in total. The van der Waals surface area contributed by atoms with Crippen LogP contribution < -0.4 is 16.6 Å². The number of aromatic amines is 1. The van der Waals surface area contributed by atoms with E-state index < -0.39 is 11.2 Å². The van der Waals surface area contributed by atoms with E-state index in [1.165, 1.54) is 28.2 Å². The first-order valence-corrected chi connectivity index (χ1v) is 10.1. The van der Waals surface area contributed by atoms with Crippen molar-refractivity contribution in [3.63, 3.8) is 0 Å². The number of nitrogens with zero attached hydrogens (tertiary/aromatic N) is 4. The van der Waals surface area contributed by atoms with Crippen LogP contribution in [-0.4, -0.2) is 42.8 Å². The van der Waals surface area contributed by atoms with E-state index in [0.717, 1.165) is 10.6 Å². The molecule has 0 spiro atoms. The molecule has 2 N–H and O–H groups in total. The van der Waals surface area contributed by atoms with Crippen LogP contribution in [0.3, 0.4) is 0 Å². The van der Waals surface area contributed by atoms with E-state index in [-0.39, 0.29) is 24.8 Å². The topological polar surface area (TPSA) is 130 Å². The van der Waals surface area contributed by atoms with Crippen molar-refractivity contribution in [2.75, 3.05) is 11.9 Å². The third-order valence-corrected chi connectivity index (χ3v) is 5.66. The highest BCUT2D eigenvalue weighted by Crippen LogP contribution is 2.28. The maximum Gasteiger partial charge on any atom is 0.328 e. The summed E-state index contributed by atoms with van der Waals surface area (Å²) in [7, 11) is 0. The lowest BCUT2D eigenvalue weighted by atomic mass is 10.1. The highest BCUT2D eigenvalue weighted by Gasteiger charge is 2.24. The number of amides is 2. The number of pyridine rings is 1. The average Bonchev–Trinajstić information content (AvgIpc) is 3.15. The average molecular weight is 426 g/mol. The van der Waals surface area contributed by atoms with E-state index in [2.05, 4.69) is 20.3 Å². The van der Waals surface area contributed by atoms with E-state index in [9.17, 15) is 19.2 Å². The van der Waals surface area contributed by atoms with E-state index in [0.29, 0.717) is 30.3 Å². The molecule has 3 aromatic heterocycles. The minimum atomic E-state index is -0.535. The molecular weight excluding hydrogens is 408 g/mol. The third kappa shape index (κ3) is 4.35. The van der Waals surface area contributed by atoms with Gasteiger partial charge in [0.1, 0.15) is 5.69 Å². The number of carbonyl (C=O) groups excluding carboxylic acids is 2. The number of nitrogens with one attached hydrogen (secondary N) is 2. The Morgan fingerprint density at radius 3 is 2.87 bits per heavy atom. The summed E-state index contributed by atoms with van der Waals surface area (Å²) in [6.07, 6.45) is 3.66. The van der Waals surface area contributed by atoms with Crippen molar-refractivity contribution in [2.45, 2.75) is 25.9 Å². The molecule has 0 aliphatic carbocycles. The summed E-state index contributed by atoms with van der Waals surface area (Å²) in [5, 5.41) is 3.23. The molecule has 0 atom stereocenters. The molecular formula is C19H18N6O4S. The lowest BCUT2D eigenvalue weighted by molar-refractivity contribution is -0.132. The summed E-state index contributed by atoms with van der Waals surface area (Å²) < 4.78 is 1.30. The van der Waals surface area contributed by atoms with Crippen molar-refractivity contribution in [1.29, 1.82) is 0 Å². The van der Waals surface area contributed by atoms with Gasteiger partial charge in [0.25, 0.3) is 11.5 Å². The van der Waals surface area contributed by atoms with E-state index in [4.69, 9.17) is 0 Å². The smallest absolute Gasteiger partial charge is 0.328 e. The summed E-state index contributed by atoms with van der Waals surface area (Å²) in [6, 6.07) is 6.34. The summed E-state index contributed by atoms with van der Waals surface area (Å²) in [5.74, 6) is -0.424. The van der Waals surface area contributed by atoms with Gasteiger partial charge < -0.3 is 9.47 Å². The Bertz CT molecular complexity index is 1200. The number of aromatic nitrogens is 4. The molecule has 11 heteroatoms. The Labute approximate surface area is 174 Å². The third-order valence-electron chi connectivity index (χ3n) is 4.67. The van der Waals surface area contributed by atoms with Crippen LogP contribution in [0.4, 0.5) is 5.13 Å². The number of aryl methyl sites for hydroxylation is 1. The predicted octanol–water partition coefficient (Wildman–Crippen LogP) is 0.615. The van der Waals surface area contributed by atoms with Crippen molar-refractivity contribution in [2.24, 2.45) is 0 Å². The van der Waals surface area contributed by atoms with Gasteiger partial charge in [-0.2, -0.15) is 0 Å². The summed E-state index contributed by atoms with van der Waals surface area (Å²) in [5.41, 5.74) is 0.173. The highest BCUT2D eigenvalue weighted by atomic mass is 32.1. The second-order valence-electron chi connectivity index (χ2n) is 6.68. The number of hydrogen-bond acceptors (Lipinski definition) is 7. The molecule has 0 bridgehead atoms. The Balaban J connectivity index is 1.37. The number of hydrogen-bond donors (Lipinski definition) is 2. The van der Waals surface area contributed by atoms with Crippen LogP contribution in [0.25, 0.3) is 0 Å². The fourth-order valence-corrected chi connectivity index (χ4v) is 4.13. The quantitative estimate of drug-likeness (QED) is 0.615. The SMILES string of the molecule is O=C(Nc1nc2c(s1)CN(C(=O)CCn1ccc(=O)[nH]c1=O)CC2)c1ccccn1. The Hall–Kier alpha value is -3.60. The second kappa shape index (κ2) is 8.41. The molecule has 30 heavy (non-hydrogen) atoms. The van der Waals surface area contributed by atoms with E-state index in [1.807, 2.05) is 0 Å². The van der Waals surface area contributed by atoms with Crippen LogP contribution in [0, 0.1) is 0 Å². The molecule has 0 radical (unpaired) electrons. The Kier molecular flexibility index (Phi) is 5.53. The van der Waals surface area contributed by atoms with Crippen molar-refractivity contribution in [3.8, 4) is 0 Å². The molecule has 0 saturated heterocycles. The summed E-state index contributed by atoms with van der Waals surface area (Å²) in [6.45, 7) is 1.11. The number of anilines is 1. The molecule has 0 unspecified atom stereocenters. The maximum atomic E-state index is 12.6. The molecule has 0 aromatic carbocycles. The zero-order valence-electron chi connectivity index (χ0n) is 15.8. The van der Waals surface area contributed by atoms with Gasteiger partial charge in [0, 0.05) is 49.3 Å². The zero-order valence-corrected chi connectivity index (χ0v) is 16.6. The van der Waals surface area contributed by atoms with E-state index in [1.54, 1.807) is 29.3 Å². The van der Waals surface area contributed by atoms with Crippen molar-refractivity contribution < 1.29 is 9.59 Å². The standard InChI is InChI=1S/C19H18N6O4S/c26-15-5-9-24(19(29)22-15)10-6-16(27)25-8-4-12-14(11-25)30-18(21-12)23-17(28)13-3-1-2-7-20-13/h1-3,5,7,9H,4,6,8,10-11H2,(H,21,23,28)(H,22,26,29). The molecule has 0 fully saturated rings. The van der Waals surface area contributed by atoms with E-state index >= 15 is 0 Å². The minimum absolute atomic E-state index is 0.0915. The van der Waals surface area contributed by atoms with Crippen LogP contribution in [-0.2, 0) is 24.3 Å². The molecule has 4 rings (SSSR count). The van der Waals surface area contributed by atoms with Gasteiger partial charge in [0.05, 0.1) is 12.2 Å².